The molecule has 0 aromatic heterocycles. The molecule has 1 rings (SSSR count). The number of carbonyl (C=O) groups excluding carboxylic acids is 2. The Bertz CT molecular complexity index is 165. The summed E-state index contributed by atoms with van der Waals surface area (Å²) in [5, 5.41) is 8.57. The number of amides is 2. The molecule has 0 spiro atoms. The Morgan fingerprint density at radius 2 is 1.58 bits per heavy atom. The molecule has 2 amide bonds. The molecule has 1 saturated heterocycles. The van der Waals surface area contributed by atoms with Crippen LogP contribution in [0.5, 0.6) is 0 Å². The highest BCUT2D eigenvalue weighted by atomic mass is 35.5. The average molecular weight is 214 g/mol. The number of imide groups is 1. The van der Waals surface area contributed by atoms with Gasteiger partial charge in [0.1, 0.15) is 4.84 Å². The lowest BCUT2D eigenvalue weighted by Gasteiger charge is -1.98. The number of hydrogen-bond acceptors (Lipinski definition) is 3. The van der Waals surface area contributed by atoms with E-state index >= 15 is 0 Å². The van der Waals surface area contributed by atoms with E-state index in [-0.39, 0.29) is 22.7 Å². The van der Waals surface area contributed by atoms with Crippen molar-refractivity contribution in [1.82, 2.24) is 5.06 Å². The van der Waals surface area contributed by atoms with E-state index < -0.39 is 11.8 Å². The van der Waals surface area contributed by atoms with Gasteiger partial charge >= 0.3 is 0 Å². The van der Waals surface area contributed by atoms with E-state index in [0.29, 0.717) is 0 Å². The lowest BCUT2D eigenvalue weighted by atomic mass is 10.4. The van der Waals surface area contributed by atoms with E-state index in [9.17, 15) is 9.59 Å². The monoisotopic (exact) mass is 213 g/mol. The van der Waals surface area contributed by atoms with Gasteiger partial charge in [0.05, 0.1) is 0 Å². The normalized spacial score (nSPS) is 16.6. The molecule has 1 fully saturated rings. The second-order valence-electron chi connectivity index (χ2n) is 2.12. The molecular weight excluding hydrogens is 205 g/mol. The van der Waals surface area contributed by atoms with Crippen molar-refractivity contribution in [3.63, 3.8) is 0 Å². The minimum Gasteiger partial charge on any atom is -0.279 e. The van der Waals surface area contributed by atoms with Gasteiger partial charge in [0.15, 0.2) is 0 Å². The van der Waals surface area contributed by atoms with Gasteiger partial charge in [-0.25, -0.2) is 0 Å². The van der Waals surface area contributed by atoms with Gasteiger partial charge < -0.3 is 0 Å². The van der Waals surface area contributed by atoms with E-state index in [1.165, 1.54) is 0 Å². The number of nitrogens with zero attached hydrogens (tertiary/aromatic N) is 1. The maximum Gasteiger partial charge on any atom is 0.253 e. The highest BCUT2D eigenvalue weighted by Crippen LogP contribution is 2.06. The predicted molar refractivity (Wildman–Crippen MR) is 44.0 cm³/mol. The Hall–Kier alpha value is -0.320. The minimum absolute atomic E-state index is 0.148. The number of carbonyl (C=O) groups is 2. The molecule has 0 saturated carbocycles. The standard InChI is InChI=1S/C4H5NO3.C2H4Cl2/c6-3-1-2-4(7)5(3)8;1-2(3)4/h8H,1-2H2;2H,1H3. The molecule has 0 unspecified atom stereocenters. The smallest absolute Gasteiger partial charge is 0.253 e. The molecule has 4 nitrogen and oxygen atoms in total. The summed E-state index contributed by atoms with van der Waals surface area (Å²) in [5.74, 6) is -1.01. The van der Waals surface area contributed by atoms with E-state index in [1.807, 2.05) is 0 Å². The average Bonchev–Trinajstić information content (AvgIpc) is 2.19. The molecule has 1 heterocycles. The topological polar surface area (TPSA) is 57.6 Å². The van der Waals surface area contributed by atoms with Gasteiger partial charge in [-0.05, 0) is 6.92 Å². The zero-order valence-corrected chi connectivity index (χ0v) is 7.97. The fourth-order valence-electron chi connectivity index (χ4n) is 0.565. The largest absolute Gasteiger partial charge is 0.279 e. The first-order valence-electron chi connectivity index (χ1n) is 3.28. The van der Waals surface area contributed by atoms with Crippen molar-refractivity contribution in [2.75, 3.05) is 0 Å². The number of hydrogen-bond donors (Lipinski definition) is 1. The quantitative estimate of drug-likeness (QED) is 0.376. The third kappa shape index (κ3) is 4.54. The van der Waals surface area contributed by atoms with E-state index in [0.717, 1.165) is 0 Å². The Morgan fingerprint density at radius 1 is 1.33 bits per heavy atom. The first-order valence-corrected chi connectivity index (χ1v) is 4.15. The zero-order chi connectivity index (χ0) is 9.72. The molecular formula is C6H9Cl2NO3. The molecule has 0 aromatic rings. The Balaban J connectivity index is 0.000000261. The van der Waals surface area contributed by atoms with Crippen LogP contribution in [0, 0.1) is 0 Å². The Kier molecular flexibility index (Phi) is 5.20. The van der Waals surface area contributed by atoms with Crippen molar-refractivity contribution in [3.05, 3.63) is 0 Å². The van der Waals surface area contributed by atoms with Crippen LogP contribution in [-0.4, -0.2) is 26.9 Å². The van der Waals surface area contributed by atoms with Crippen LogP contribution in [0.4, 0.5) is 0 Å². The second-order valence-corrected chi connectivity index (χ2v) is 3.65. The molecule has 0 aliphatic carbocycles. The van der Waals surface area contributed by atoms with Crippen LogP contribution in [0.1, 0.15) is 19.8 Å². The van der Waals surface area contributed by atoms with Crippen LogP contribution < -0.4 is 0 Å². The molecule has 1 N–H and O–H groups in total. The summed E-state index contributed by atoms with van der Waals surface area (Å²) in [7, 11) is 0. The third-order valence-electron chi connectivity index (χ3n) is 1.03. The molecule has 0 bridgehead atoms. The van der Waals surface area contributed by atoms with Crippen LogP contribution in [0.15, 0.2) is 0 Å². The zero-order valence-electron chi connectivity index (χ0n) is 6.46. The lowest BCUT2D eigenvalue weighted by Crippen LogP contribution is -2.24. The van der Waals surface area contributed by atoms with Crippen LogP contribution in [0.25, 0.3) is 0 Å². The molecule has 0 radical (unpaired) electrons. The minimum atomic E-state index is -0.505. The van der Waals surface area contributed by atoms with E-state index in [2.05, 4.69) is 0 Å². The molecule has 1 aliphatic rings. The summed E-state index contributed by atoms with van der Waals surface area (Å²) >= 11 is 10.1. The van der Waals surface area contributed by atoms with Crippen LogP contribution >= 0.6 is 23.2 Å². The highest BCUT2D eigenvalue weighted by Gasteiger charge is 2.26. The van der Waals surface area contributed by atoms with Crippen molar-refractivity contribution in [3.8, 4) is 0 Å². The van der Waals surface area contributed by atoms with Gasteiger partial charge in [0.2, 0.25) is 0 Å². The maximum atomic E-state index is 10.2. The van der Waals surface area contributed by atoms with Gasteiger partial charge in [-0.2, -0.15) is 5.06 Å². The van der Waals surface area contributed by atoms with Gasteiger partial charge in [-0.1, -0.05) is 0 Å². The molecule has 70 valence electrons. The molecule has 0 aromatic carbocycles. The van der Waals surface area contributed by atoms with Gasteiger partial charge in [-0.15, -0.1) is 23.2 Å². The van der Waals surface area contributed by atoms with Gasteiger partial charge in [0.25, 0.3) is 11.8 Å². The molecule has 0 atom stereocenters. The third-order valence-corrected chi connectivity index (χ3v) is 1.03. The van der Waals surface area contributed by atoms with Crippen molar-refractivity contribution in [2.24, 2.45) is 0 Å². The van der Waals surface area contributed by atoms with Crippen molar-refractivity contribution >= 4 is 35.0 Å². The summed E-state index contributed by atoms with van der Waals surface area (Å²) < 4.78 is 0. The highest BCUT2D eigenvalue weighted by molar-refractivity contribution is 6.43. The van der Waals surface area contributed by atoms with Crippen LogP contribution in [-0.2, 0) is 9.59 Å². The molecule has 12 heavy (non-hydrogen) atoms. The van der Waals surface area contributed by atoms with Crippen LogP contribution in [0.3, 0.4) is 0 Å². The van der Waals surface area contributed by atoms with E-state index in [1.54, 1.807) is 6.92 Å². The summed E-state index contributed by atoms with van der Waals surface area (Å²) in [6.45, 7) is 1.70. The SMILES string of the molecule is CC(Cl)Cl.O=C1CCC(=O)N1O. The van der Waals surface area contributed by atoms with Crippen molar-refractivity contribution in [2.45, 2.75) is 24.6 Å². The number of hydroxylamine groups is 2. The molecule has 1 aliphatic heterocycles. The maximum absolute atomic E-state index is 10.2. The second kappa shape index (κ2) is 5.35. The van der Waals surface area contributed by atoms with Crippen molar-refractivity contribution < 1.29 is 14.8 Å². The predicted octanol–water partition coefficient (Wildman–Crippen LogP) is 1.33. The first kappa shape index (κ1) is 11.7. The number of rotatable bonds is 0. The summed E-state index contributed by atoms with van der Waals surface area (Å²) in [6, 6.07) is 0. The van der Waals surface area contributed by atoms with Gasteiger partial charge in [-0.3, -0.25) is 14.8 Å². The summed E-state index contributed by atoms with van der Waals surface area (Å²) in [5.41, 5.74) is 0. The van der Waals surface area contributed by atoms with E-state index in [4.69, 9.17) is 28.4 Å². The van der Waals surface area contributed by atoms with Gasteiger partial charge in [0, 0.05) is 12.8 Å². The fraction of sp³-hybridized carbons (Fsp3) is 0.667. The van der Waals surface area contributed by atoms with Crippen LogP contribution in [0.2, 0.25) is 0 Å². The first-order chi connectivity index (χ1) is 5.45. The summed E-state index contributed by atoms with van der Waals surface area (Å²) in [4.78, 5) is 20.3. The lowest BCUT2D eigenvalue weighted by molar-refractivity contribution is -0.171. The Morgan fingerprint density at radius 3 is 1.67 bits per heavy atom. The summed E-state index contributed by atoms with van der Waals surface area (Å²) in [6.07, 6.45) is 0.296. The fourth-order valence-corrected chi connectivity index (χ4v) is 0.565. The number of halogens is 2. The Labute approximate surface area is 80.0 Å². The molecule has 6 heteroatoms. The number of alkyl halides is 2. The van der Waals surface area contributed by atoms with Crippen molar-refractivity contribution in [1.29, 1.82) is 0 Å².